The van der Waals surface area contributed by atoms with Gasteiger partial charge in [-0.15, -0.1) is 0 Å². The van der Waals surface area contributed by atoms with E-state index >= 15 is 0 Å². The third kappa shape index (κ3) is 1.47. The molecular formula is C11H15BO2. The molecule has 2 rings (SSSR count). The summed E-state index contributed by atoms with van der Waals surface area (Å²) in [6.07, 6.45) is 0.0127. The topological polar surface area (TPSA) is 29.5 Å². The molecule has 1 aromatic rings. The Hall–Kier alpha value is -0.795. The van der Waals surface area contributed by atoms with Crippen LogP contribution in [0.1, 0.15) is 43.9 Å². The summed E-state index contributed by atoms with van der Waals surface area (Å²) < 4.78 is 5.32. The second kappa shape index (κ2) is 3.41. The fraction of sp³-hybridized carbons (Fsp3) is 0.455. The molecule has 0 saturated carbocycles. The van der Waals surface area contributed by atoms with Crippen LogP contribution in [-0.2, 0) is 4.65 Å². The molecule has 0 bridgehead atoms. The van der Waals surface area contributed by atoms with Crippen LogP contribution in [0.15, 0.2) is 18.2 Å². The maximum atomic E-state index is 9.56. The van der Waals surface area contributed by atoms with E-state index < -0.39 is 7.12 Å². The molecule has 0 aliphatic carbocycles. The zero-order chi connectivity index (χ0) is 10.3. The van der Waals surface area contributed by atoms with E-state index in [0.29, 0.717) is 5.92 Å². The number of hydrogen-bond donors (Lipinski definition) is 1. The van der Waals surface area contributed by atoms with E-state index in [0.717, 1.165) is 11.0 Å². The number of fused-ring (bicyclic) bond motifs is 1. The number of hydrogen-bond acceptors (Lipinski definition) is 2. The van der Waals surface area contributed by atoms with Crippen LogP contribution in [0.25, 0.3) is 0 Å². The molecule has 14 heavy (non-hydrogen) atoms. The molecule has 3 heteroatoms. The number of benzene rings is 1. The predicted molar refractivity (Wildman–Crippen MR) is 57.6 cm³/mol. The molecule has 1 aliphatic heterocycles. The standard InChI is InChI=1S/C11H15BO2/c1-7(2)9-4-5-11-10(6-9)8(3)14-12(11)13/h4-8,13H,1-3H3. The lowest BCUT2D eigenvalue weighted by Gasteiger charge is -2.09. The fourth-order valence-electron chi connectivity index (χ4n) is 1.87. The molecule has 1 aliphatic rings. The molecule has 0 radical (unpaired) electrons. The summed E-state index contributed by atoms with van der Waals surface area (Å²) in [4.78, 5) is 0. The summed E-state index contributed by atoms with van der Waals surface area (Å²) in [5.41, 5.74) is 3.35. The Morgan fingerprint density at radius 1 is 1.43 bits per heavy atom. The molecule has 2 nitrogen and oxygen atoms in total. The van der Waals surface area contributed by atoms with Crippen LogP contribution in [0.4, 0.5) is 0 Å². The van der Waals surface area contributed by atoms with Crippen LogP contribution in [-0.4, -0.2) is 12.1 Å². The van der Waals surface area contributed by atoms with Gasteiger partial charge in [-0.05, 0) is 29.4 Å². The summed E-state index contributed by atoms with van der Waals surface area (Å²) in [5.74, 6) is 0.519. The van der Waals surface area contributed by atoms with E-state index in [9.17, 15) is 5.02 Å². The van der Waals surface area contributed by atoms with E-state index in [1.807, 2.05) is 13.0 Å². The summed E-state index contributed by atoms with van der Waals surface area (Å²) in [5, 5.41) is 9.56. The second-order valence-corrected chi connectivity index (χ2v) is 4.17. The van der Waals surface area contributed by atoms with Gasteiger partial charge < -0.3 is 9.68 Å². The maximum Gasteiger partial charge on any atom is 0.491 e. The molecule has 1 atom stereocenters. The minimum atomic E-state index is -0.735. The third-order valence-electron chi connectivity index (χ3n) is 2.81. The van der Waals surface area contributed by atoms with Crippen molar-refractivity contribution in [1.29, 1.82) is 0 Å². The highest BCUT2D eigenvalue weighted by atomic mass is 16.5. The van der Waals surface area contributed by atoms with Gasteiger partial charge in [-0.3, -0.25) is 0 Å². The smallest absolute Gasteiger partial charge is 0.423 e. The van der Waals surface area contributed by atoms with E-state index in [2.05, 4.69) is 26.0 Å². The third-order valence-corrected chi connectivity index (χ3v) is 2.81. The first kappa shape index (κ1) is 9.75. The minimum absolute atomic E-state index is 0.0127. The lowest BCUT2D eigenvalue weighted by molar-refractivity contribution is 0.209. The van der Waals surface area contributed by atoms with Crippen molar-refractivity contribution >= 4 is 12.6 Å². The lowest BCUT2D eigenvalue weighted by atomic mass is 9.78. The van der Waals surface area contributed by atoms with Gasteiger partial charge in [0, 0.05) is 0 Å². The molecule has 74 valence electrons. The van der Waals surface area contributed by atoms with Crippen molar-refractivity contribution in [2.24, 2.45) is 0 Å². The van der Waals surface area contributed by atoms with Gasteiger partial charge in [-0.2, -0.15) is 0 Å². The minimum Gasteiger partial charge on any atom is -0.423 e. The molecule has 1 heterocycles. The quantitative estimate of drug-likeness (QED) is 0.681. The molecule has 0 aromatic heterocycles. The van der Waals surface area contributed by atoms with Gasteiger partial charge in [0.15, 0.2) is 0 Å². The summed E-state index contributed by atoms with van der Waals surface area (Å²) in [6.45, 7) is 6.30. The Bertz CT molecular complexity index is 349. The first-order valence-corrected chi connectivity index (χ1v) is 5.07. The Labute approximate surface area is 85.1 Å². The largest absolute Gasteiger partial charge is 0.491 e. The van der Waals surface area contributed by atoms with E-state index in [1.54, 1.807) is 0 Å². The van der Waals surface area contributed by atoms with Crippen molar-refractivity contribution in [2.75, 3.05) is 0 Å². The summed E-state index contributed by atoms with van der Waals surface area (Å²) in [6, 6.07) is 6.17. The number of rotatable bonds is 1. The highest BCUT2D eigenvalue weighted by Crippen LogP contribution is 2.25. The Morgan fingerprint density at radius 2 is 2.14 bits per heavy atom. The molecule has 0 fully saturated rings. The Kier molecular flexibility index (Phi) is 2.37. The van der Waals surface area contributed by atoms with Crippen LogP contribution in [0.2, 0.25) is 0 Å². The highest BCUT2D eigenvalue weighted by molar-refractivity contribution is 6.61. The van der Waals surface area contributed by atoms with Crippen LogP contribution in [0, 0.1) is 0 Å². The molecule has 0 amide bonds. The molecule has 1 unspecified atom stereocenters. The first-order chi connectivity index (χ1) is 6.59. The van der Waals surface area contributed by atoms with Gasteiger partial charge in [0.05, 0.1) is 6.10 Å². The zero-order valence-corrected chi connectivity index (χ0v) is 8.82. The van der Waals surface area contributed by atoms with Crippen molar-refractivity contribution < 1.29 is 9.68 Å². The van der Waals surface area contributed by atoms with Crippen LogP contribution >= 0.6 is 0 Å². The second-order valence-electron chi connectivity index (χ2n) is 4.17. The van der Waals surface area contributed by atoms with Gasteiger partial charge in [-0.25, -0.2) is 0 Å². The van der Waals surface area contributed by atoms with Gasteiger partial charge >= 0.3 is 7.12 Å². The summed E-state index contributed by atoms with van der Waals surface area (Å²) in [7, 11) is -0.735. The normalized spacial score (nSPS) is 20.4. The highest BCUT2D eigenvalue weighted by Gasteiger charge is 2.32. The molecule has 1 aromatic carbocycles. The van der Waals surface area contributed by atoms with Gasteiger partial charge in [-0.1, -0.05) is 32.0 Å². The van der Waals surface area contributed by atoms with Crippen LogP contribution < -0.4 is 5.46 Å². The molecule has 1 N–H and O–H groups in total. The molecular weight excluding hydrogens is 175 g/mol. The first-order valence-electron chi connectivity index (χ1n) is 5.07. The van der Waals surface area contributed by atoms with E-state index in [1.165, 1.54) is 5.56 Å². The molecule has 0 spiro atoms. The van der Waals surface area contributed by atoms with Crippen molar-refractivity contribution in [1.82, 2.24) is 0 Å². The van der Waals surface area contributed by atoms with E-state index in [-0.39, 0.29) is 6.10 Å². The average molecular weight is 190 g/mol. The van der Waals surface area contributed by atoms with Crippen LogP contribution in [0.5, 0.6) is 0 Å². The molecule has 0 saturated heterocycles. The van der Waals surface area contributed by atoms with Crippen molar-refractivity contribution in [2.45, 2.75) is 32.8 Å². The predicted octanol–water partition coefficient (Wildman–Crippen LogP) is 1.59. The summed E-state index contributed by atoms with van der Waals surface area (Å²) >= 11 is 0. The van der Waals surface area contributed by atoms with Crippen molar-refractivity contribution in [3.05, 3.63) is 29.3 Å². The SMILES string of the molecule is CC(C)c1ccc2c(c1)C(C)OB2O. The average Bonchev–Trinajstić information content (AvgIpc) is 2.42. The maximum absolute atomic E-state index is 9.56. The van der Waals surface area contributed by atoms with Gasteiger partial charge in [0.1, 0.15) is 0 Å². The van der Waals surface area contributed by atoms with Crippen LogP contribution in [0.3, 0.4) is 0 Å². The Morgan fingerprint density at radius 3 is 2.79 bits per heavy atom. The fourth-order valence-corrected chi connectivity index (χ4v) is 1.87. The zero-order valence-electron chi connectivity index (χ0n) is 8.82. The van der Waals surface area contributed by atoms with Gasteiger partial charge in [0.25, 0.3) is 0 Å². The van der Waals surface area contributed by atoms with E-state index in [4.69, 9.17) is 4.65 Å². The Balaban J connectivity index is 2.45. The monoisotopic (exact) mass is 190 g/mol. The van der Waals surface area contributed by atoms with Crippen molar-refractivity contribution in [3.63, 3.8) is 0 Å². The lowest BCUT2D eigenvalue weighted by Crippen LogP contribution is -2.27. The van der Waals surface area contributed by atoms with Crippen molar-refractivity contribution in [3.8, 4) is 0 Å². The van der Waals surface area contributed by atoms with Gasteiger partial charge in [0.2, 0.25) is 0 Å².